The molecule has 8 heteroatoms. The van der Waals surface area contributed by atoms with Crippen LogP contribution in [0.15, 0.2) is 73.1 Å². The lowest BCUT2D eigenvalue weighted by molar-refractivity contribution is -0.121. The van der Waals surface area contributed by atoms with Crippen LogP contribution in [0.5, 0.6) is 0 Å². The number of nitrogens with zero attached hydrogens (tertiary/aromatic N) is 4. The van der Waals surface area contributed by atoms with Gasteiger partial charge in [0.2, 0.25) is 5.91 Å². The molecule has 2 aromatic carbocycles. The summed E-state index contributed by atoms with van der Waals surface area (Å²) in [5.41, 5.74) is 3.51. The van der Waals surface area contributed by atoms with Crippen LogP contribution in [0.3, 0.4) is 0 Å². The molecule has 2 amide bonds. The molecule has 0 saturated carbocycles. The van der Waals surface area contributed by atoms with E-state index in [2.05, 4.69) is 44.5 Å². The Bertz CT molecular complexity index is 1100. The van der Waals surface area contributed by atoms with Gasteiger partial charge in [0.1, 0.15) is 5.69 Å². The third kappa shape index (κ3) is 8.19. The second kappa shape index (κ2) is 14.4. The van der Waals surface area contributed by atoms with Gasteiger partial charge in [0, 0.05) is 57.8 Å². The van der Waals surface area contributed by atoms with E-state index in [0.717, 1.165) is 31.7 Å². The zero-order chi connectivity index (χ0) is 26.6. The molecule has 1 aliphatic heterocycles. The Balaban J connectivity index is 1.32. The van der Waals surface area contributed by atoms with Crippen LogP contribution in [0.2, 0.25) is 0 Å². The monoisotopic (exact) mass is 515 g/mol. The molecule has 1 fully saturated rings. The number of hydrogen-bond acceptors (Lipinski definition) is 6. The molecule has 0 radical (unpaired) electrons. The molecule has 1 saturated heterocycles. The van der Waals surface area contributed by atoms with Crippen molar-refractivity contribution < 1.29 is 14.3 Å². The van der Waals surface area contributed by atoms with Gasteiger partial charge in [0.25, 0.3) is 5.91 Å². The number of morpholine rings is 1. The maximum atomic E-state index is 13.2. The minimum atomic E-state index is -0.202. The largest absolute Gasteiger partial charge is 0.379 e. The van der Waals surface area contributed by atoms with Crippen LogP contribution >= 0.6 is 0 Å². The molecule has 0 bridgehead atoms. The van der Waals surface area contributed by atoms with E-state index in [-0.39, 0.29) is 24.2 Å². The van der Waals surface area contributed by atoms with Gasteiger partial charge in [-0.2, -0.15) is 0 Å². The standard InChI is InChI=1S/C30H37N5O3/c1-24-22-33-28(23-32-24)30(37)35(17-16-34-18-20-38-21-19-34)15-13-29(36)31-14-12-27(25-8-4-2-5-9-25)26-10-6-3-7-11-26/h2-11,22-23,27H,12-21H2,1H3,(H,31,36). The molecule has 0 aliphatic carbocycles. The fourth-order valence-electron chi connectivity index (χ4n) is 4.64. The van der Waals surface area contributed by atoms with E-state index >= 15 is 0 Å². The number of hydrogen-bond donors (Lipinski definition) is 1. The van der Waals surface area contributed by atoms with E-state index in [1.54, 1.807) is 11.1 Å². The smallest absolute Gasteiger partial charge is 0.274 e. The van der Waals surface area contributed by atoms with Crippen LogP contribution in [-0.2, 0) is 9.53 Å². The Morgan fingerprint density at radius 1 is 0.947 bits per heavy atom. The number of rotatable bonds is 12. The molecule has 4 rings (SSSR count). The third-order valence-corrected chi connectivity index (χ3v) is 6.84. The average molecular weight is 516 g/mol. The normalized spacial score (nSPS) is 13.8. The van der Waals surface area contributed by atoms with Crippen molar-refractivity contribution in [3.8, 4) is 0 Å². The van der Waals surface area contributed by atoms with Crippen LogP contribution in [0.1, 0.15) is 46.1 Å². The molecule has 0 atom stereocenters. The van der Waals surface area contributed by atoms with E-state index in [1.807, 2.05) is 43.3 Å². The molecule has 38 heavy (non-hydrogen) atoms. The second-order valence-corrected chi connectivity index (χ2v) is 9.55. The van der Waals surface area contributed by atoms with Crippen LogP contribution in [0, 0.1) is 6.92 Å². The van der Waals surface area contributed by atoms with Crippen molar-refractivity contribution in [2.45, 2.75) is 25.7 Å². The molecule has 0 spiro atoms. The van der Waals surface area contributed by atoms with Crippen LogP contribution < -0.4 is 5.32 Å². The number of nitrogens with one attached hydrogen (secondary N) is 1. The van der Waals surface area contributed by atoms with Gasteiger partial charge >= 0.3 is 0 Å². The van der Waals surface area contributed by atoms with Gasteiger partial charge in [-0.3, -0.25) is 19.5 Å². The predicted molar refractivity (Wildman–Crippen MR) is 147 cm³/mol. The van der Waals surface area contributed by atoms with Gasteiger partial charge in [-0.05, 0) is 24.5 Å². The Labute approximate surface area is 225 Å². The summed E-state index contributed by atoms with van der Waals surface area (Å²) in [6.07, 6.45) is 4.12. The van der Waals surface area contributed by atoms with Crippen LogP contribution in [0.4, 0.5) is 0 Å². The van der Waals surface area contributed by atoms with Crippen molar-refractivity contribution in [3.05, 3.63) is 95.6 Å². The number of amides is 2. The number of carbonyl (C=O) groups excluding carboxylic acids is 2. The highest BCUT2D eigenvalue weighted by atomic mass is 16.5. The molecular weight excluding hydrogens is 478 g/mol. The molecule has 1 N–H and O–H groups in total. The fourth-order valence-corrected chi connectivity index (χ4v) is 4.64. The minimum absolute atomic E-state index is 0.0657. The van der Waals surface area contributed by atoms with E-state index < -0.39 is 0 Å². The molecule has 200 valence electrons. The first-order valence-corrected chi connectivity index (χ1v) is 13.3. The van der Waals surface area contributed by atoms with Gasteiger partial charge in [-0.1, -0.05) is 60.7 Å². The van der Waals surface area contributed by atoms with Gasteiger partial charge in [0.15, 0.2) is 0 Å². The summed E-state index contributed by atoms with van der Waals surface area (Å²) in [5.74, 6) is -0.0692. The molecule has 0 unspecified atom stereocenters. The number of benzene rings is 2. The van der Waals surface area contributed by atoms with E-state index in [9.17, 15) is 9.59 Å². The SMILES string of the molecule is Cc1cnc(C(=O)N(CCC(=O)NCCC(c2ccccc2)c2ccccc2)CCN2CCOCC2)cn1. The highest BCUT2D eigenvalue weighted by molar-refractivity contribution is 5.92. The molecule has 3 aromatic rings. The summed E-state index contributed by atoms with van der Waals surface area (Å²) in [7, 11) is 0. The van der Waals surface area contributed by atoms with Gasteiger partial charge < -0.3 is 15.0 Å². The van der Waals surface area contributed by atoms with Crippen molar-refractivity contribution in [1.82, 2.24) is 25.1 Å². The highest BCUT2D eigenvalue weighted by Crippen LogP contribution is 2.27. The summed E-state index contributed by atoms with van der Waals surface area (Å²) in [6, 6.07) is 20.7. The molecule has 1 aliphatic rings. The molecule has 2 heterocycles. The maximum absolute atomic E-state index is 13.2. The van der Waals surface area contributed by atoms with Crippen molar-refractivity contribution in [2.24, 2.45) is 0 Å². The number of carbonyl (C=O) groups is 2. The van der Waals surface area contributed by atoms with E-state index in [4.69, 9.17) is 4.74 Å². The summed E-state index contributed by atoms with van der Waals surface area (Å²) >= 11 is 0. The summed E-state index contributed by atoms with van der Waals surface area (Å²) in [4.78, 5) is 38.5. The zero-order valence-corrected chi connectivity index (χ0v) is 22.1. The number of ether oxygens (including phenoxy) is 1. The minimum Gasteiger partial charge on any atom is -0.379 e. The van der Waals surface area contributed by atoms with Gasteiger partial charge in [0.05, 0.1) is 25.1 Å². The summed E-state index contributed by atoms with van der Waals surface area (Å²) < 4.78 is 5.43. The number of aryl methyl sites for hydroxylation is 1. The van der Waals surface area contributed by atoms with Crippen molar-refractivity contribution in [2.75, 3.05) is 52.5 Å². The second-order valence-electron chi connectivity index (χ2n) is 9.55. The quantitative estimate of drug-likeness (QED) is 0.398. The first-order chi connectivity index (χ1) is 18.6. The predicted octanol–water partition coefficient (Wildman–Crippen LogP) is 3.29. The topological polar surface area (TPSA) is 87.7 Å². The Morgan fingerprint density at radius 2 is 1.61 bits per heavy atom. The Hall–Kier alpha value is -3.62. The Morgan fingerprint density at radius 3 is 2.21 bits per heavy atom. The van der Waals surface area contributed by atoms with E-state index in [1.165, 1.54) is 17.3 Å². The third-order valence-electron chi connectivity index (χ3n) is 6.84. The summed E-state index contributed by atoms with van der Waals surface area (Å²) in [5, 5.41) is 3.07. The Kier molecular flexibility index (Phi) is 10.4. The lowest BCUT2D eigenvalue weighted by atomic mass is 9.88. The lowest BCUT2D eigenvalue weighted by Crippen LogP contribution is -2.44. The van der Waals surface area contributed by atoms with Crippen molar-refractivity contribution >= 4 is 11.8 Å². The van der Waals surface area contributed by atoms with Gasteiger partial charge in [-0.25, -0.2) is 4.98 Å². The fraction of sp³-hybridized carbons (Fsp3) is 0.400. The maximum Gasteiger partial charge on any atom is 0.274 e. The first-order valence-electron chi connectivity index (χ1n) is 13.3. The van der Waals surface area contributed by atoms with Crippen molar-refractivity contribution in [3.63, 3.8) is 0 Å². The zero-order valence-electron chi connectivity index (χ0n) is 22.1. The summed E-state index contributed by atoms with van der Waals surface area (Å²) in [6.45, 7) is 7.05. The average Bonchev–Trinajstić information content (AvgIpc) is 2.97. The van der Waals surface area contributed by atoms with Crippen molar-refractivity contribution in [1.29, 1.82) is 0 Å². The first kappa shape index (κ1) is 27.4. The number of aromatic nitrogens is 2. The van der Waals surface area contributed by atoms with Crippen LogP contribution in [-0.4, -0.2) is 84.1 Å². The molecular formula is C30H37N5O3. The van der Waals surface area contributed by atoms with Crippen LogP contribution in [0.25, 0.3) is 0 Å². The molecule has 8 nitrogen and oxygen atoms in total. The lowest BCUT2D eigenvalue weighted by Gasteiger charge is -2.30. The van der Waals surface area contributed by atoms with E-state index in [0.29, 0.717) is 38.5 Å². The molecule has 1 aromatic heterocycles. The van der Waals surface area contributed by atoms with Gasteiger partial charge in [-0.15, -0.1) is 0 Å². The highest BCUT2D eigenvalue weighted by Gasteiger charge is 2.21.